The van der Waals surface area contributed by atoms with E-state index in [2.05, 4.69) is 27.7 Å². The van der Waals surface area contributed by atoms with Crippen LogP contribution in [0, 0.1) is 30.4 Å². The van der Waals surface area contributed by atoms with E-state index in [4.69, 9.17) is 0 Å². The van der Waals surface area contributed by atoms with E-state index in [-0.39, 0.29) is 35.3 Å². The molecular formula is C43H48F2N2O2S2. The predicted molar refractivity (Wildman–Crippen MR) is 208 cm³/mol. The van der Waals surface area contributed by atoms with Crippen molar-refractivity contribution in [3.8, 4) is 20.9 Å². The van der Waals surface area contributed by atoms with E-state index < -0.39 is 0 Å². The number of carbonyl (C=O) groups excluding carboxylic acids is 2. The summed E-state index contributed by atoms with van der Waals surface area (Å²) in [7, 11) is 0. The van der Waals surface area contributed by atoms with Crippen LogP contribution in [-0.2, 0) is 9.59 Å². The fourth-order valence-electron chi connectivity index (χ4n) is 7.31. The second-order valence-electron chi connectivity index (χ2n) is 13.9. The minimum absolute atomic E-state index is 0.167. The van der Waals surface area contributed by atoms with Crippen molar-refractivity contribution in [1.29, 1.82) is 0 Å². The fourth-order valence-corrected chi connectivity index (χ4v) is 9.50. The molecule has 2 aromatic heterocycles. The lowest BCUT2D eigenvalue weighted by Gasteiger charge is -2.29. The molecule has 2 aliphatic heterocycles. The standard InChI is InChI=1S/C43H48F2N2O2S2/c1-6-10-14-28(8-3)25-46-40(36-22-20-34(50-36)30-16-12-13-17-32(30)44)38-39(43(46)49)41(47(42(38)48)26-29(9-4)15-11-7-2)37-23-21-35(51-37)31-19-18-27(5)24-33(31)45/h12-13,16-24,28-29H,6-11,14-15,25-26H2,1-5H3. The molecule has 2 unspecified atom stereocenters. The van der Waals surface area contributed by atoms with Gasteiger partial charge in [-0.05, 0) is 73.6 Å². The lowest BCUT2D eigenvalue weighted by atomic mass is 9.98. The number of rotatable bonds is 16. The van der Waals surface area contributed by atoms with Gasteiger partial charge in [0, 0.05) is 34.0 Å². The molecule has 8 heteroatoms. The Labute approximate surface area is 309 Å². The normalized spacial score (nSPS) is 15.8. The van der Waals surface area contributed by atoms with Crippen molar-refractivity contribution in [3.05, 3.63) is 105 Å². The van der Waals surface area contributed by atoms with Gasteiger partial charge in [-0.2, -0.15) is 0 Å². The van der Waals surface area contributed by atoms with Gasteiger partial charge in [0.15, 0.2) is 0 Å². The minimum Gasteiger partial charge on any atom is -0.306 e. The maximum atomic E-state index is 15.2. The smallest absolute Gasteiger partial charge is 0.261 e. The number of aryl methyl sites for hydroxylation is 1. The van der Waals surface area contributed by atoms with Crippen molar-refractivity contribution in [2.75, 3.05) is 13.1 Å². The summed E-state index contributed by atoms with van der Waals surface area (Å²) in [6.07, 6.45) is 8.06. The predicted octanol–water partition coefficient (Wildman–Crippen LogP) is 12.0. The average Bonchev–Trinajstić information content (AvgIpc) is 3.91. The molecule has 0 saturated heterocycles. The summed E-state index contributed by atoms with van der Waals surface area (Å²) in [5.41, 5.74) is 3.98. The van der Waals surface area contributed by atoms with Crippen molar-refractivity contribution in [3.63, 3.8) is 0 Å². The van der Waals surface area contributed by atoms with E-state index in [1.54, 1.807) is 18.2 Å². The Morgan fingerprint density at radius 2 is 1.08 bits per heavy atom. The number of halogens is 2. The van der Waals surface area contributed by atoms with Gasteiger partial charge >= 0.3 is 0 Å². The van der Waals surface area contributed by atoms with Crippen molar-refractivity contribution in [2.45, 2.75) is 86.0 Å². The first-order valence-electron chi connectivity index (χ1n) is 18.5. The van der Waals surface area contributed by atoms with Crippen LogP contribution in [0.5, 0.6) is 0 Å². The van der Waals surface area contributed by atoms with Crippen LogP contribution in [0.15, 0.2) is 77.9 Å². The Balaban J connectivity index is 1.53. The molecule has 4 heterocycles. The zero-order chi connectivity index (χ0) is 36.2. The van der Waals surface area contributed by atoms with E-state index in [1.807, 2.05) is 53.1 Å². The third-order valence-electron chi connectivity index (χ3n) is 10.4. The van der Waals surface area contributed by atoms with Gasteiger partial charge < -0.3 is 9.80 Å². The monoisotopic (exact) mass is 726 g/mol. The number of nitrogens with zero attached hydrogens (tertiary/aromatic N) is 2. The van der Waals surface area contributed by atoms with Crippen LogP contribution in [0.1, 0.15) is 94.4 Å². The SMILES string of the molecule is CCCCC(CC)CN1C(=O)C2=C(c3ccc(-c4ccc(C)cc4F)s3)N(CC(CC)CCCC)C(=O)C2=C1c1ccc(-c2ccccc2F)s1. The number of hydrogen-bond donors (Lipinski definition) is 0. The quantitative estimate of drug-likeness (QED) is 0.115. The van der Waals surface area contributed by atoms with Gasteiger partial charge in [-0.3, -0.25) is 9.59 Å². The molecule has 0 radical (unpaired) electrons. The Kier molecular flexibility index (Phi) is 11.7. The Morgan fingerprint density at radius 1 is 0.608 bits per heavy atom. The van der Waals surface area contributed by atoms with Gasteiger partial charge in [0.2, 0.25) is 0 Å². The molecule has 0 saturated carbocycles. The summed E-state index contributed by atoms with van der Waals surface area (Å²) in [4.78, 5) is 36.6. The molecule has 268 valence electrons. The minimum atomic E-state index is -0.310. The molecule has 6 rings (SSSR count). The number of amides is 2. The summed E-state index contributed by atoms with van der Waals surface area (Å²) >= 11 is 2.83. The number of benzene rings is 2. The molecule has 0 fully saturated rings. The first-order valence-corrected chi connectivity index (χ1v) is 20.2. The van der Waals surface area contributed by atoms with Crippen LogP contribution >= 0.6 is 22.7 Å². The number of fused-ring (bicyclic) bond motifs is 1. The molecule has 4 aromatic rings. The summed E-state index contributed by atoms with van der Waals surface area (Å²) < 4.78 is 30.2. The van der Waals surface area contributed by atoms with Crippen LogP contribution in [0.25, 0.3) is 32.3 Å². The van der Waals surface area contributed by atoms with E-state index in [0.717, 1.165) is 76.4 Å². The average molecular weight is 727 g/mol. The van der Waals surface area contributed by atoms with Crippen LogP contribution in [0.2, 0.25) is 0 Å². The lowest BCUT2D eigenvalue weighted by Crippen LogP contribution is -2.34. The highest BCUT2D eigenvalue weighted by atomic mass is 32.1. The number of hydrogen-bond acceptors (Lipinski definition) is 4. The van der Waals surface area contributed by atoms with Crippen molar-refractivity contribution < 1.29 is 18.4 Å². The Bertz CT molecular complexity index is 1970. The Hall–Kier alpha value is -3.88. The van der Waals surface area contributed by atoms with Crippen LogP contribution in [0.3, 0.4) is 0 Å². The summed E-state index contributed by atoms with van der Waals surface area (Å²) in [5, 5.41) is 0. The molecule has 2 aliphatic rings. The zero-order valence-corrected chi connectivity index (χ0v) is 32.0. The first-order chi connectivity index (χ1) is 24.7. The van der Waals surface area contributed by atoms with Crippen molar-refractivity contribution in [2.24, 2.45) is 11.8 Å². The van der Waals surface area contributed by atoms with Crippen LogP contribution < -0.4 is 0 Å². The second-order valence-corrected chi connectivity index (χ2v) is 16.1. The number of carbonyl (C=O) groups is 2. The molecule has 0 bridgehead atoms. The van der Waals surface area contributed by atoms with Crippen LogP contribution in [0.4, 0.5) is 8.78 Å². The van der Waals surface area contributed by atoms with Crippen molar-refractivity contribution >= 4 is 45.9 Å². The third kappa shape index (κ3) is 7.40. The van der Waals surface area contributed by atoms with E-state index in [1.165, 1.54) is 34.8 Å². The Morgan fingerprint density at radius 3 is 1.53 bits per heavy atom. The molecule has 2 amide bonds. The van der Waals surface area contributed by atoms with Crippen molar-refractivity contribution in [1.82, 2.24) is 9.80 Å². The van der Waals surface area contributed by atoms with Gasteiger partial charge in [0.1, 0.15) is 11.6 Å². The molecule has 0 spiro atoms. The largest absolute Gasteiger partial charge is 0.306 e. The summed E-state index contributed by atoms with van der Waals surface area (Å²) in [6, 6.07) is 19.6. The van der Waals surface area contributed by atoms with E-state index in [0.29, 0.717) is 46.8 Å². The molecule has 51 heavy (non-hydrogen) atoms. The zero-order valence-electron chi connectivity index (χ0n) is 30.4. The third-order valence-corrected chi connectivity index (χ3v) is 12.6. The number of thiophene rings is 2. The van der Waals surface area contributed by atoms with Crippen LogP contribution in [-0.4, -0.2) is 34.7 Å². The summed E-state index contributed by atoms with van der Waals surface area (Å²) in [5.74, 6) is -0.408. The fraction of sp³-hybridized carbons (Fsp3) is 0.395. The highest BCUT2D eigenvalue weighted by molar-refractivity contribution is 7.17. The topological polar surface area (TPSA) is 40.6 Å². The maximum absolute atomic E-state index is 15.2. The molecule has 2 atom stereocenters. The maximum Gasteiger partial charge on any atom is 0.261 e. The van der Waals surface area contributed by atoms with E-state index >= 15 is 4.39 Å². The second kappa shape index (κ2) is 16.2. The highest BCUT2D eigenvalue weighted by Gasteiger charge is 2.50. The highest BCUT2D eigenvalue weighted by Crippen LogP contribution is 2.50. The molecule has 0 aliphatic carbocycles. The lowest BCUT2D eigenvalue weighted by molar-refractivity contribution is -0.124. The van der Waals surface area contributed by atoms with Gasteiger partial charge in [0.05, 0.1) is 32.3 Å². The van der Waals surface area contributed by atoms with E-state index in [9.17, 15) is 14.0 Å². The van der Waals surface area contributed by atoms with Gasteiger partial charge in [0.25, 0.3) is 11.8 Å². The molecule has 4 nitrogen and oxygen atoms in total. The molecular weight excluding hydrogens is 679 g/mol. The molecule has 0 N–H and O–H groups in total. The molecule has 2 aromatic carbocycles. The summed E-state index contributed by atoms with van der Waals surface area (Å²) in [6.45, 7) is 11.5. The van der Waals surface area contributed by atoms with Gasteiger partial charge in [-0.25, -0.2) is 8.78 Å². The van der Waals surface area contributed by atoms with Gasteiger partial charge in [-0.15, -0.1) is 22.7 Å². The van der Waals surface area contributed by atoms with Gasteiger partial charge in [-0.1, -0.05) is 96.6 Å². The first kappa shape index (κ1) is 36.9. The number of unbranched alkanes of at least 4 members (excludes halogenated alkanes) is 2.